The molecule has 0 amide bonds. The Kier molecular flexibility index (Phi) is 4.71. The molecular formula is C15H21N3O. The van der Waals surface area contributed by atoms with Gasteiger partial charge in [0.05, 0.1) is 11.8 Å². The standard InChI is InChI=1S/C15H21N3O/c1-3-14-13(11-18(2)17-14)9-16-10-15(19)12-7-5-4-6-8-12/h4-8,11,15-16,19H,3,9-10H2,1-2H3. The van der Waals surface area contributed by atoms with E-state index in [0.717, 1.165) is 24.2 Å². The average molecular weight is 259 g/mol. The lowest BCUT2D eigenvalue weighted by atomic mass is 10.1. The second-order valence-corrected chi connectivity index (χ2v) is 4.69. The Bertz CT molecular complexity index is 507. The highest BCUT2D eigenvalue weighted by molar-refractivity contribution is 5.18. The van der Waals surface area contributed by atoms with Crippen LogP contribution in [-0.4, -0.2) is 21.4 Å². The first-order valence-electron chi connectivity index (χ1n) is 6.65. The quantitative estimate of drug-likeness (QED) is 0.832. The van der Waals surface area contributed by atoms with E-state index in [0.29, 0.717) is 6.54 Å². The van der Waals surface area contributed by atoms with Crippen molar-refractivity contribution >= 4 is 0 Å². The predicted octanol–water partition coefficient (Wildman–Crippen LogP) is 1.81. The van der Waals surface area contributed by atoms with E-state index in [9.17, 15) is 5.11 Å². The smallest absolute Gasteiger partial charge is 0.0914 e. The lowest BCUT2D eigenvalue weighted by molar-refractivity contribution is 0.174. The zero-order chi connectivity index (χ0) is 13.7. The number of nitrogens with zero attached hydrogens (tertiary/aromatic N) is 2. The summed E-state index contributed by atoms with van der Waals surface area (Å²) in [4.78, 5) is 0. The monoisotopic (exact) mass is 259 g/mol. The predicted molar refractivity (Wildman–Crippen MR) is 75.7 cm³/mol. The van der Waals surface area contributed by atoms with Crippen molar-refractivity contribution in [3.8, 4) is 0 Å². The molecule has 0 fully saturated rings. The Balaban J connectivity index is 1.86. The Labute approximate surface area is 114 Å². The van der Waals surface area contributed by atoms with E-state index in [1.54, 1.807) is 0 Å². The molecule has 0 aliphatic heterocycles. The van der Waals surface area contributed by atoms with Gasteiger partial charge in [0, 0.05) is 31.9 Å². The van der Waals surface area contributed by atoms with Gasteiger partial charge in [0.1, 0.15) is 0 Å². The van der Waals surface area contributed by atoms with Crippen molar-refractivity contribution in [1.82, 2.24) is 15.1 Å². The van der Waals surface area contributed by atoms with Crippen LogP contribution in [0.5, 0.6) is 0 Å². The molecule has 0 aliphatic carbocycles. The summed E-state index contributed by atoms with van der Waals surface area (Å²) >= 11 is 0. The number of hydrogen-bond donors (Lipinski definition) is 2. The number of aryl methyl sites for hydroxylation is 2. The van der Waals surface area contributed by atoms with Crippen molar-refractivity contribution in [1.29, 1.82) is 0 Å². The second-order valence-electron chi connectivity index (χ2n) is 4.69. The highest BCUT2D eigenvalue weighted by atomic mass is 16.3. The Morgan fingerprint density at radius 3 is 2.74 bits per heavy atom. The molecule has 1 heterocycles. The fraction of sp³-hybridized carbons (Fsp3) is 0.400. The third kappa shape index (κ3) is 3.66. The van der Waals surface area contributed by atoms with Gasteiger partial charge >= 0.3 is 0 Å². The first kappa shape index (κ1) is 13.8. The van der Waals surface area contributed by atoms with Gasteiger partial charge in [0.2, 0.25) is 0 Å². The van der Waals surface area contributed by atoms with Gasteiger partial charge in [-0.3, -0.25) is 4.68 Å². The topological polar surface area (TPSA) is 50.1 Å². The molecule has 4 nitrogen and oxygen atoms in total. The molecule has 4 heteroatoms. The molecule has 102 valence electrons. The fourth-order valence-corrected chi connectivity index (χ4v) is 2.17. The summed E-state index contributed by atoms with van der Waals surface area (Å²) in [6.45, 7) is 3.38. The molecule has 2 aromatic rings. The van der Waals surface area contributed by atoms with E-state index < -0.39 is 6.10 Å². The first-order chi connectivity index (χ1) is 9.20. The molecule has 1 aromatic heterocycles. The number of nitrogens with one attached hydrogen (secondary N) is 1. The van der Waals surface area contributed by atoms with Crippen molar-refractivity contribution in [2.45, 2.75) is 26.0 Å². The lowest BCUT2D eigenvalue weighted by Crippen LogP contribution is -2.21. The Hall–Kier alpha value is -1.65. The maximum atomic E-state index is 10.0. The lowest BCUT2D eigenvalue weighted by Gasteiger charge is -2.11. The van der Waals surface area contributed by atoms with Gasteiger partial charge in [-0.15, -0.1) is 0 Å². The van der Waals surface area contributed by atoms with Gasteiger partial charge in [0.15, 0.2) is 0 Å². The largest absolute Gasteiger partial charge is 0.387 e. The van der Waals surface area contributed by atoms with Crippen molar-refractivity contribution < 1.29 is 5.11 Å². The summed E-state index contributed by atoms with van der Waals surface area (Å²) < 4.78 is 1.84. The summed E-state index contributed by atoms with van der Waals surface area (Å²) in [6.07, 6.45) is 2.49. The van der Waals surface area contributed by atoms with Gasteiger partial charge in [-0.1, -0.05) is 37.3 Å². The molecule has 2 N–H and O–H groups in total. The van der Waals surface area contributed by atoms with Crippen LogP contribution in [0.3, 0.4) is 0 Å². The molecule has 19 heavy (non-hydrogen) atoms. The molecule has 0 spiro atoms. The van der Waals surface area contributed by atoms with Gasteiger partial charge in [-0.25, -0.2) is 0 Å². The van der Waals surface area contributed by atoms with E-state index in [1.165, 1.54) is 5.56 Å². The van der Waals surface area contributed by atoms with Crippen LogP contribution in [-0.2, 0) is 20.0 Å². The highest BCUT2D eigenvalue weighted by Gasteiger charge is 2.08. The molecule has 2 rings (SSSR count). The summed E-state index contributed by atoms with van der Waals surface area (Å²) in [5.74, 6) is 0. The second kappa shape index (κ2) is 6.50. The summed E-state index contributed by atoms with van der Waals surface area (Å²) in [5, 5.41) is 17.7. The summed E-state index contributed by atoms with van der Waals surface area (Å²) in [5.41, 5.74) is 3.26. The number of aromatic nitrogens is 2. The van der Waals surface area contributed by atoms with Crippen LogP contribution >= 0.6 is 0 Å². The Morgan fingerprint density at radius 2 is 2.05 bits per heavy atom. The SMILES string of the molecule is CCc1nn(C)cc1CNCC(O)c1ccccc1. The van der Waals surface area contributed by atoms with Crippen LogP contribution in [0.2, 0.25) is 0 Å². The van der Waals surface area contributed by atoms with Gasteiger partial charge < -0.3 is 10.4 Å². The number of hydrogen-bond acceptors (Lipinski definition) is 3. The molecule has 0 radical (unpaired) electrons. The van der Waals surface area contributed by atoms with E-state index in [4.69, 9.17) is 0 Å². The zero-order valence-corrected chi connectivity index (χ0v) is 11.5. The van der Waals surface area contributed by atoms with E-state index >= 15 is 0 Å². The third-order valence-corrected chi connectivity index (χ3v) is 3.16. The fourth-order valence-electron chi connectivity index (χ4n) is 2.17. The molecular weight excluding hydrogens is 238 g/mol. The van der Waals surface area contributed by atoms with Crippen molar-refractivity contribution in [3.05, 3.63) is 53.3 Å². The van der Waals surface area contributed by atoms with Crippen LogP contribution in [0.15, 0.2) is 36.5 Å². The van der Waals surface area contributed by atoms with E-state index in [-0.39, 0.29) is 0 Å². The van der Waals surface area contributed by atoms with E-state index in [1.807, 2.05) is 48.3 Å². The molecule has 0 saturated carbocycles. The van der Waals surface area contributed by atoms with Crippen molar-refractivity contribution in [3.63, 3.8) is 0 Å². The van der Waals surface area contributed by atoms with Gasteiger partial charge in [-0.2, -0.15) is 5.10 Å². The van der Waals surface area contributed by atoms with Crippen LogP contribution in [0.4, 0.5) is 0 Å². The number of aliphatic hydroxyl groups is 1. The highest BCUT2D eigenvalue weighted by Crippen LogP contribution is 2.11. The minimum absolute atomic E-state index is 0.469. The number of aliphatic hydroxyl groups excluding tert-OH is 1. The van der Waals surface area contributed by atoms with Crippen LogP contribution in [0.25, 0.3) is 0 Å². The number of benzene rings is 1. The first-order valence-corrected chi connectivity index (χ1v) is 6.65. The normalized spacial score (nSPS) is 12.6. The maximum Gasteiger partial charge on any atom is 0.0914 e. The van der Waals surface area contributed by atoms with Crippen LogP contribution in [0.1, 0.15) is 29.8 Å². The van der Waals surface area contributed by atoms with Crippen molar-refractivity contribution in [2.75, 3.05) is 6.54 Å². The maximum absolute atomic E-state index is 10.0. The molecule has 0 bridgehead atoms. The van der Waals surface area contributed by atoms with Crippen LogP contribution in [0, 0.1) is 0 Å². The van der Waals surface area contributed by atoms with Crippen LogP contribution < -0.4 is 5.32 Å². The average Bonchev–Trinajstić information content (AvgIpc) is 2.80. The molecule has 0 aliphatic rings. The summed E-state index contributed by atoms with van der Waals surface area (Å²) in [7, 11) is 1.93. The van der Waals surface area contributed by atoms with Gasteiger partial charge in [-0.05, 0) is 12.0 Å². The summed E-state index contributed by atoms with van der Waals surface area (Å²) in [6, 6.07) is 9.71. The molecule has 1 aromatic carbocycles. The van der Waals surface area contributed by atoms with E-state index in [2.05, 4.69) is 17.3 Å². The van der Waals surface area contributed by atoms with Gasteiger partial charge in [0.25, 0.3) is 0 Å². The minimum Gasteiger partial charge on any atom is -0.387 e. The Morgan fingerprint density at radius 1 is 1.32 bits per heavy atom. The molecule has 0 saturated heterocycles. The molecule has 1 atom stereocenters. The minimum atomic E-state index is -0.469. The zero-order valence-electron chi connectivity index (χ0n) is 11.5. The third-order valence-electron chi connectivity index (χ3n) is 3.16. The number of rotatable bonds is 6. The molecule has 1 unspecified atom stereocenters. The van der Waals surface area contributed by atoms with Crippen molar-refractivity contribution in [2.24, 2.45) is 7.05 Å².